The predicted octanol–water partition coefficient (Wildman–Crippen LogP) is 3.39. The maximum Gasteiger partial charge on any atom is 0.328 e. The quantitative estimate of drug-likeness (QED) is 0.197. The Morgan fingerprint density at radius 3 is 2.41 bits per heavy atom. The fourth-order valence-corrected chi connectivity index (χ4v) is 4.15. The monoisotopic (exact) mass is 540 g/mol. The van der Waals surface area contributed by atoms with Crippen molar-refractivity contribution in [3.63, 3.8) is 0 Å². The number of nitrogens with one attached hydrogen (secondary N) is 3. The first-order valence-corrected chi connectivity index (χ1v) is 13.1. The number of amides is 1. The Balaban J connectivity index is 1.87. The van der Waals surface area contributed by atoms with Gasteiger partial charge in [-0.05, 0) is 42.8 Å². The Kier molecular flexibility index (Phi) is 9.98. The van der Waals surface area contributed by atoms with Gasteiger partial charge in [-0.3, -0.25) is 14.2 Å². The maximum atomic E-state index is 13.1. The van der Waals surface area contributed by atoms with Gasteiger partial charge in [0, 0.05) is 19.1 Å². The van der Waals surface area contributed by atoms with Crippen molar-refractivity contribution >= 4 is 29.2 Å². The van der Waals surface area contributed by atoms with Crippen LogP contribution in [0.4, 0.5) is 5.82 Å². The summed E-state index contributed by atoms with van der Waals surface area (Å²) in [5, 5.41) is 6.07. The van der Waals surface area contributed by atoms with E-state index in [0.29, 0.717) is 29.8 Å². The number of aldehydes is 1. The minimum absolute atomic E-state index is 0.0208. The van der Waals surface area contributed by atoms with Crippen LogP contribution >= 0.6 is 0 Å². The van der Waals surface area contributed by atoms with Gasteiger partial charge in [0.25, 0.3) is 0 Å². The molecule has 0 unspecified atom stereocenters. The Bertz CT molecular complexity index is 1330. The van der Waals surface area contributed by atoms with E-state index < -0.39 is 5.69 Å². The molecular formula is C28H40N6O5. The average molecular weight is 541 g/mol. The molecule has 0 saturated carbocycles. The number of aromatic nitrogens is 4. The van der Waals surface area contributed by atoms with Gasteiger partial charge in [0.1, 0.15) is 18.4 Å². The Morgan fingerprint density at radius 2 is 1.77 bits per heavy atom. The number of H-pyrrole nitrogens is 1. The molecule has 0 aliphatic rings. The van der Waals surface area contributed by atoms with Crippen molar-refractivity contribution in [2.75, 3.05) is 39.2 Å². The second kappa shape index (κ2) is 13.0. The van der Waals surface area contributed by atoms with Crippen molar-refractivity contribution in [3.8, 4) is 6.01 Å². The van der Waals surface area contributed by atoms with E-state index in [9.17, 15) is 14.4 Å². The van der Waals surface area contributed by atoms with Crippen LogP contribution in [0.2, 0.25) is 0 Å². The number of imidazole rings is 1. The van der Waals surface area contributed by atoms with Crippen LogP contribution in [0.5, 0.6) is 6.01 Å². The fourth-order valence-electron chi connectivity index (χ4n) is 4.15. The summed E-state index contributed by atoms with van der Waals surface area (Å²) in [7, 11) is 3.49. The van der Waals surface area contributed by atoms with Gasteiger partial charge in [0.15, 0.2) is 11.5 Å². The highest BCUT2D eigenvalue weighted by Crippen LogP contribution is 2.44. The number of hydrogen-bond acceptors (Lipinski definition) is 8. The molecule has 212 valence electrons. The van der Waals surface area contributed by atoms with Gasteiger partial charge in [-0.25, -0.2) is 4.79 Å². The zero-order valence-electron chi connectivity index (χ0n) is 23.7. The van der Waals surface area contributed by atoms with Crippen LogP contribution < -0.4 is 21.1 Å². The molecule has 0 aliphatic heterocycles. The van der Waals surface area contributed by atoms with Gasteiger partial charge in [-0.15, -0.1) is 0 Å². The van der Waals surface area contributed by atoms with Crippen LogP contribution in [0, 0.1) is 10.8 Å². The van der Waals surface area contributed by atoms with E-state index in [4.69, 9.17) is 9.47 Å². The summed E-state index contributed by atoms with van der Waals surface area (Å²) in [6, 6.07) is 6.93. The molecule has 3 N–H and O–H groups in total. The highest BCUT2D eigenvalue weighted by molar-refractivity contribution is 5.97. The number of anilines is 1. The molecule has 0 radical (unpaired) electrons. The molecule has 0 saturated heterocycles. The minimum Gasteiger partial charge on any atom is -0.461 e. The molecule has 0 fully saturated rings. The van der Waals surface area contributed by atoms with Crippen LogP contribution in [-0.2, 0) is 16.1 Å². The van der Waals surface area contributed by atoms with Crippen molar-refractivity contribution in [3.05, 3.63) is 45.9 Å². The first kappa shape index (κ1) is 30.0. The summed E-state index contributed by atoms with van der Waals surface area (Å²) in [5.74, 6) is -0.0368. The number of rotatable bonds is 15. The van der Waals surface area contributed by atoms with Crippen LogP contribution in [0.3, 0.4) is 0 Å². The molecular weight excluding hydrogens is 500 g/mol. The van der Waals surface area contributed by atoms with Crippen molar-refractivity contribution in [1.29, 1.82) is 0 Å². The number of nitrogens with zero attached hydrogens (tertiary/aromatic N) is 3. The molecule has 11 nitrogen and oxygen atoms in total. The van der Waals surface area contributed by atoms with Crippen molar-refractivity contribution in [2.24, 2.45) is 10.8 Å². The van der Waals surface area contributed by atoms with Crippen LogP contribution in [0.1, 0.15) is 62.9 Å². The lowest BCUT2D eigenvalue weighted by molar-refractivity contribution is -0.117. The molecule has 11 heteroatoms. The van der Waals surface area contributed by atoms with Crippen LogP contribution in [0.15, 0.2) is 29.1 Å². The lowest BCUT2D eigenvalue weighted by atomic mass is 9.64. The number of fused-ring (bicyclic) bond motifs is 1. The Morgan fingerprint density at radius 1 is 1.08 bits per heavy atom. The Hall–Kier alpha value is -3.57. The first-order valence-electron chi connectivity index (χ1n) is 13.1. The number of hydrogen-bond donors (Lipinski definition) is 3. The third-order valence-corrected chi connectivity index (χ3v) is 7.64. The highest BCUT2D eigenvalue weighted by atomic mass is 16.5. The van der Waals surface area contributed by atoms with E-state index >= 15 is 0 Å². The van der Waals surface area contributed by atoms with E-state index in [1.165, 1.54) is 4.57 Å². The molecule has 39 heavy (non-hydrogen) atoms. The molecule has 0 atom stereocenters. The summed E-state index contributed by atoms with van der Waals surface area (Å²) < 4.78 is 12.1. The summed E-state index contributed by atoms with van der Waals surface area (Å²) in [6.07, 6.45) is 2.71. The third kappa shape index (κ3) is 7.51. The topological polar surface area (TPSA) is 140 Å². The molecule has 3 rings (SSSR count). The largest absolute Gasteiger partial charge is 0.461 e. The first-order chi connectivity index (χ1) is 18.5. The molecule has 2 heterocycles. The number of methoxy groups -OCH3 is 1. The molecule has 0 aliphatic carbocycles. The number of ether oxygens (including phenoxy) is 2. The lowest BCUT2D eigenvalue weighted by Crippen LogP contribution is -2.35. The maximum absolute atomic E-state index is 13.1. The number of carbonyl (C=O) groups is 2. The van der Waals surface area contributed by atoms with Gasteiger partial charge in [0.2, 0.25) is 5.91 Å². The summed E-state index contributed by atoms with van der Waals surface area (Å²) in [4.78, 5) is 48.6. The lowest BCUT2D eigenvalue weighted by Gasteiger charge is -2.42. The molecule has 1 aromatic carbocycles. The van der Waals surface area contributed by atoms with Gasteiger partial charge in [-0.1, -0.05) is 52.0 Å². The summed E-state index contributed by atoms with van der Waals surface area (Å²) >= 11 is 0. The van der Waals surface area contributed by atoms with E-state index in [1.807, 2.05) is 7.05 Å². The minimum atomic E-state index is -0.407. The molecule has 2 aromatic heterocycles. The number of carbonyl (C=O) groups excluding carboxylic acids is 2. The van der Waals surface area contributed by atoms with Crippen molar-refractivity contribution in [1.82, 2.24) is 24.8 Å². The average Bonchev–Trinajstić information content (AvgIpc) is 3.22. The standard InChI is InChI=1S/C28H40N6O5/c1-27(2,28(3,4)13-14-29-5)12-11-21(36)30-23-22-24(33-25(32-23)39-16-15-38-6)34(26(37)31-22)17-19-7-9-20(18-35)10-8-19/h7-10,18,29H,11-17H2,1-6H3,(H,31,37)(H,30,32,33,36). The van der Waals surface area contributed by atoms with Gasteiger partial charge in [-0.2, -0.15) is 9.97 Å². The smallest absolute Gasteiger partial charge is 0.328 e. The number of benzene rings is 1. The SMILES string of the molecule is CNCCC(C)(C)C(C)(C)CCC(=O)Nc1nc(OCCOC)nc2c1[nH]c(=O)n2Cc1ccc(C=O)cc1. The normalized spacial score (nSPS) is 12.1. The molecule has 1 amide bonds. The Labute approximate surface area is 228 Å². The van der Waals surface area contributed by atoms with Crippen LogP contribution in [0.25, 0.3) is 11.2 Å². The van der Waals surface area contributed by atoms with Gasteiger partial charge in [0.05, 0.1) is 13.2 Å². The van der Waals surface area contributed by atoms with E-state index in [2.05, 4.69) is 53.3 Å². The summed E-state index contributed by atoms with van der Waals surface area (Å²) in [5.41, 5.74) is 1.48. The van der Waals surface area contributed by atoms with E-state index in [0.717, 1.165) is 24.8 Å². The second-order valence-electron chi connectivity index (χ2n) is 10.9. The zero-order chi connectivity index (χ0) is 28.6. The van der Waals surface area contributed by atoms with Crippen molar-refractivity contribution < 1.29 is 19.1 Å². The van der Waals surface area contributed by atoms with Gasteiger partial charge < -0.3 is 25.1 Å². The predicted molar refractivity (Wildman–Crippen MR) is 150 cm³/mol. The molecule has 0 spiro atoms. The molecule has 3 aromatic rings. The van der Waals surface area contributed by atoms with Gasteiger partial charge >= 0.3 is 11.7 Å². The summed E-state index contributed by atoms with van der Waals surface area (Å²) in [6.45, 7) is 10.4. The van der Waals surface area contributed by atoms with Crippen LogP contribution in [-0.4, -0.2) is 65.6 Å². The van der Waals surface area contributed by atoms with E-state index in [1.54, 1.807) is 31.4 Å². The fraction of sp³-hybridized carbons (Fsp3) is 0.536. The zero-order valence-corrected chi connectivity index (χ0v) is 23.7. The second-order valence-corrected chi connectivity index (χ2v) is 10.9. The third-order valence-electron chi connectivity index (χ3n) is 7.64. The van der Waals surface area contributed by atoms with E-state index in [-0.39, 0.29) is 48.1 Å². The van der Waals surface area contributed by atoms with Crippen molar-refractivity contribution in [2.45, 2.75) is 53.5 Å². The molecule has 0 bridgehead atoms. The number of aromatic amines is 1. The highest BCUT2D eigenvalue weighted by Gasteiger charge is 2.36.